The molecule has 2 aromatic carbocycles. The molecular weight excluding hydrogens is 376 g/mol. The molecule has 0 heterocycles. The first-order chi connectivity index (χ1) is 14.4. The van der Waals surface area contributed by atoms with Crippen LogP contribution in [-0.2, 0) is 9.59 Å². The fourth-order valence-electron chi connectivity index (χ4n) is 4.26. The Hall–Kier alpha value is -3.84. The first kappa shape index (κ1) is 19.5. The van der Waals surface area contributed by atoms with Gasteiger partial charge in [-0.3, -0.25) is 9.59 Å². The molecule has 0 aliphatic heterocycles. The third kappa shape index (κ3) is 3.15. The second-order valence-electron chi connectivity index (χ2n) is 7.54. The maximum Gasteiger partial charge on any atom is 0.159 e. The van der Waals surface area contributed by atoms with E-state index in [0.29, 0.717) is 22.3 Å². The van der Waals surface area contributed by atoms with Gasteiger partial charge in [0.25, 0.3) is 0 Å². The van der Waals surface area contributed by atoms with Gasteiger partial charge in [0.2, 0.25) is 0 Å². The van der Waals surface area contributed by atoms with E-state index in [2.05, 4.69) is 0 Å². The second kappa shape index (κ2) is 7.53. The third-order valence-corrected chi connectivity index (χ3v) is 5.78. The Balaban J connectivity index is 1.94. The van der Waals surface area contributed by atoms with Gasteiger partial charge in [0, 0.05) is 34.1 Å². The minimum absolute atomic E-state index is 0.0457. The lowest BCUT2D eigenvalue weighted by Gasteiger charge is -2.33. The van der Waals surface area contributed by atoms with Gasteiger partial charge in [-0.2, -0.15) is 0 Å². The van der Waals surface area contributed by atoms with Crippen LogP contribution < -0.4 is 0 Å². The first-order valence-corrected chi connectivity index (χ1v) is 9.60. The highest BCUT2D eigenvalue weighted by Gasteiger charge is 2.36. The molecule has 0 saturated heterocycles. The van der Waals surface area contributed by atoms with Crippen molar-refractivity contribution in [1.82, 2.24) is 0 Å². The van der Waals surface area contributed by atoms with Crippen molar-refractivity contribution >= 4 is 35.6 Å². The predicted molar refractivity (Wildman–Crippen MR) is 115 cm³/mol. The molecule has 4 rings (SSSR count). The lowest BCUT2D eigenvalue weighted by atomic mass is 9.68. The number of hydrogen-bond acceptors (Lipinski definition) is 4. The Morgan fingerprint density at radius 3 is 1.40 bits per heavy atom. The molecule has 2 aliphatic rings. The minimum atomic E-state index is -0.452. The smallest absolute Gasteiger partial charge is 0.159 e. The normalized spacial score (nSPS) is 18.9. The Kier molecular flexibility index (Phi) is 4.89. The topological polar surface area (TPSA) is 68.3 Å². The molecule has 146 valence electrons. The zero-order chi connectivity index (χ0) is 21.4. The maximum absolute atomic E-state index is 11.8. The lowest BCUT2D eigenvalue weighted by molar-refractivity contribution is 0.100. The predicted octanol–water partition coefficient (Wildman–Crippen LogP) is 4.53. The third-order valence-electron chi connectivity index (χ3n) is 5.78. The Labute approximate surface area is 173 Å². The molecule has 0 aromatic heterocycles. The van der Waals surface area contributed by atoms with Gasteiger partial charge in [0.15, 0.2) is 11.6 Å². The van der Waals surface area contributed by atoms with Crippen molar-refractivity contribution in [2.45, 2.75) is 25.7 Å². The summed E-state index contributed by atoms with van der Waals surface area (Å²) in [6.45, 7) is 3.01. The highest BCUT2D eigenvalue weighted by Crippen LogP contribution is 2.48. The molecule has 2 atom stereocenters. The molecule has 0 fully saturated rings. The molecule has 0 unspecified atom stereocenters. The van der Waals surface area contributed by atoms with Crippen molar-refractivity contribution in [2.75, 3.05) is 0 Å². The second-order valence-corrected chi connectivity index (χ2v) is 7.54. The minimum Gasteiger partial charge on any atom is -0.295 e. The number of carbonyl (C=O) groups is 2. The van der Waals surface area contributed by atoms with Crippen molar-refractivity contribution in [3.63, 3.8) is 0 Å². The van der Waals surface area contributed by atoms with Gasteiger partial charge >= 0.3 is 0 Å². The van der Waals surface area contributed by atoms with Crippen LogP contribution in [-0.4, -0.2) is 23.4 Å². The van der Waals surface area contributed by atoms with E-state index in [-0.39, 0.29) is 11.6 Å². The molecule has 0 amide bonds. The van der Waals surface area contributed by atoms with Crippen LogP contribution in [0.2, 0.25) is 0 Å². The maximum atomic E-state index is 11.8. The number of Topliss-reactive ketones (excluding diaryl/α,β-unsaturated/α-hetero) is 2. The molecule has 0 radical (unpaired) electrons. The van der Waals surface area contributed by atoms with Crippen LogP contribution in [0.1, 0.15) is 68.7 Å². The summed E-state index contributed by atoms with van der Waals surface area (Å²) in [5, 5.41) is 0. The molecule has 2 aromatic rings. The van der Waals surface area contributed by atoms with Crippen molar-refractivity contribution in [1.29, 1.82) is 0 Å². The van der Waals surface area contributed by atoms with Gasteiger partial charge in [-0.05, 0) is 60.4 Å². The molecule has 0 spiro atoms. The summed E-state index contributed by atoms with van der Waals surface area (Å²) in [7, 11) is 0. The highest BCUT2D eigenvalue weighted by molar-refractivity contribution is 5.96. The molecule has 0 saturated carbocycles. The van der Waals surface area contributed by atoms with E-state index in [9.17, 15) is 19.2 Å². The Morgan fingerprint density at radius 1 is 0.667 bits per heavy atom. The van der Waals surface area contributed by atoms with Crippen LogP contribution in [0.25, 0.3) is 12.2 Å². The summed E-state index contributed by atoms with van der Waals surface area (Å²) in [6.07, 6.45) is 6.96. The summed E-state index contributed by atoms with van der Waals surface area (Å²) in [5.41, 5.74) is 5.35. The van der Waals surface area contributed by atoms with E-state index in [4.69, 9.17) is 0 Å². The number of carbonyl (C=O) groups excluding carboxylic acids is 4. The molecule has 0 N–H and O–H groups in total. The number of hydrogen-bond donors (Lipinski definition) is 0. The van der Waals surface area contributed by atoms with Gasteiger partial charge in [-0.1, -0.05) is 36.4 Å². The summed E-state index contributed by atoms with van der Waals surface area (Å²) in [5.74, 6) is 3.06. The molecular formula is C26H18O4. The van der Waals surface area contributed by atoms with Crippen molar-refractivity contribution in [3.8, 4) is 0 Å². The first-order valence-electron chi connectivity index (χ1n) is 9.60. The fraction of sp³-hybridized carbons (Fsp3) is 0.154. The largest absolute Gasteiger partial charge is 0.295 e. The lowest BCUT2D eigenvalue weighted by Crippen LogP contribution is -2.21. The molecule has 0 bridgehead atoms. The van der Waals surface area contributed by atoms with Gasteiger partial charge in [0.05, 0.1) is 0 Å². The number of allylic oxidation sites excluding steroid dienone is 4. The van der Waals surface area contributed by atoms with Gasteiger partial charge in [-0.15, -0.1) is 0 Å². The molecule has 4 nitrogen and oxygen atoms in total. The number of benzene rings is 2. The Morgan fingerprint density at radius 2 is 1.07 bits per heavy atom. The van der Waals surface area contributed by atoms with Gasteiger partial charge < -0.3 is 0 Å². The van der Waals surface area contributed by atoms with E-state index >= 15 is 0 Å². The zero-order valence-corrected chi connectivity index (χ0v) is 16.6. The summed E-state index contributed by atoms with van der Waals surface area (Å²) in [4.78, 5) is 47.2. The van der Waals surface area contributed by atoms with E-state index in [0.717, 1.165) is 22.3 Å². The van der Waals surface area contributed by atoms with Crippen LogP contribution in [0.3, 0.4) is 0 Å². The number of ketones is 2. The van der Waals surface area contributed by atoms with Crippen LogP contribution in [0.4, 0.5) is 0 Å². The van der Waals surface area contributed by atoms with Crippen LogP contribution in [0.15, 0.2) is 59.7 Å². The summed E-state index contributed by atoms with van der Waals surface area (Å²) < 4.78 is 0. The Bertz CT molecular complexity index is 1160. The van der Waals surface area contributed by atoms with Gasteiger partial charge in [-0.25, -0.2) is 9.59 Å². The van der Waals surface area contributed by atoms with Crippen LogP contribution >= 0.6 is 0 Å². The molecule has 30 heavy (non-hydrogen) atoms. The summed E-state index contributed by atoms with van der Waals surface area (Å²) >= 11 is 0. The average molecular weight is 394 g/mol. The monoisotopic (exact) mass is 394 g/mol. The van der Waals surface area contributed by atoms with Crippen LogP contribution in [0.5, 0.6) is 0 Å². The highest BCUT2D eigenvalue weighted by atomic mass is 16.1. The van der Waals surface area contributed by atoms with Crippen molar-refractivity contribution < 1.29 is 19.2 Å². The number of rotatable bonds is 3. The van der Waals surface area contributed by atoms with E-state index < -0.39 is 11.8 Å². The quantitative estimate of drug-likeness (QED) is 0.567. The fourth-order valence-corrected chi connectivity index (χ4v) is 4.26. The summed E-state index contributed by atoms with van der Waals surface area (Å²) in [6, 6.07) is 10.7. The zero-order valence-electron chi connectivity index (χ0n) is 16.6. The van der Waals surface area contributed by atoms with E-state index in [1.807, 2.05) is 24.0 Å². The van der Waals surface area contributed by atoms with Gasteiger partial charge in [0.1, 0.15) is 11.9 Å². The van der Waals surface area contributed by atoms with Crippen LogP contribution in [0, 0.1) is 0 Å². The standard InChI is InChI=1S/C26H18O4/c1-15(29)17-7-9-23-19(11-17)3-5-21(13-27)25(23)26-22(14-28)6-4-20-12-18(16(2)30)8-10-24(20)26/h3-12,25-26H,1-2H3/t25-,26-/m0/s1. The van der Waals surface area contributed by atoms with E-state index in [1.165, 1.54) is 13.8 Å². The SMILES string of the molecule is CC(=O)c1ccc2c(c1)C=CC(=C=O)[C@@H]2[C@H]1C(=C=O)C=Cc2cc(C(C)=O)ccc21. The van der Waals surface area contributed by atoms with Crippen molar-refractivity contribution in [3.05, 3.63) is 93.1 Å². The average Bonchev–Trinajstić information content (AvgIpc) is 2.76. The van der Waals surface area contributed by atoms with Crippen molar-refractivity contribution in [2.24, 2.45) is 0 Å². The number of fused-ring (bicyclic) bond motifs is 2. The van der Waals surface area contributed by atoms with E-state index in [1.54, 1.807) is 48.6 Å². The molecule has 2 aliphatic carbocycles. The molecule has 4 heteroatoms.